The third kappa shape index (κ3) is 4.80. The fraction of sp³-hybridized carbons (Fsp3) is 0.588. The Kier molecular flexibility index (Phi) is 6.98. The molecule has 2 heterocycles. The summed E-state index contributed by atoms with van der Waals surface area (Å²) >= 11 is 0. The van der Waals surface area contributed by atoms with Gasteiger partial charge in [-0.15, -0.1) is 12.4 Å². The number of piperidine rings is 1. The first-order valence-corrected chi connectivity index (χ1v) is 8.30. The van der Waals surface area contributed by atoms with Crippen LogP contribution in [-0.2, 0) is 9.53 Å². The number of carbonyl (C=O) groups is 1. The van der Waals surface area contributed by atoms with Gasteiger partial charge < -0.3 is 19.7 Å². The highest BCUT2D eigenvalue weighted by Crippen LogP contribution is 2.23. The summed E-state index contributed by atoms with van der Waals surface area (Å²) in [6.45, 7) is 4.28. The Morgan fingerprint density at radius 3 is 2.68 bits per heavy atom. The molecule has 1 aromatic carbocycles. The van der Waals surface area contributed by atoms with Crippen LogP contribution >= 0.6 is 12.4 Å². The monoisotopic (exact) mass is 376 g/mol. The summed E-state index contributed by atoms with van der Waals surface area (Å²) in [5.74, 6) is -1.24. The van der Waals surface area contributed by atoms with Crippen LogP contribution in [0, 0.1) is 11.6 Å². The molecule has 2 saturated heterocycles. The minimum absolute atomic E-state index is 0. The maximum atomic E-state index is 13.6. The second-order valence-corrected chi connectivity index (χ2v) is 6.22. The van der Waals surface area contributed by atoms with E-state index in [1.165, 1.54) is 12.1 Å². The lowest BCUT2D eigenvalue weighted by Gasteiger charge is -2.37. The largest absolute Gasteiger partial charge is 0.487 e. The minimum atomic E-state index is -0.703. The summed E-state index contributed by atoms with van der Waals surface area (Å²) in [7, 11) is 0. The van der Waals surface area contributed by atoms with Gasteiger partial charge in [0.2, 0.25) is 5.91 Å². The van der Waals surface area contributed by atoms with Gasteiger partial charge in [-0.2, -0.15) is 0 Å². The molecule has 0 bridgehead atoms. The molecule has 140 valence electrons. The van der Waals surface area contributed by atoms with Gasteiger partial charge in [-0.25, -0.2) is 8.78 Å². The van der Waals surface area contributed by atoms with Gasteiger partial charge in [0.15, 0.2) is 11.6 Å². The standard InChI is InChI=1S/C17H22F2N2O3.ClH/c1-11-16(20-6-9-23-11)17(22)21-7-4-13(5-8-21)24-15-3-2-12(18)10-14(15)19;/h2-3,10-11,13,16,20H,4-9H2,1H3;1H/t11-,16+;/m1./s1. The normalized spacial score (nSPS) is 24.5. The van der Waals surface area contributed by atoms with Crippen molar-refractivity contribution in [1.82, 2.24) is 10.2 Å². The van der Waals surface area contributed by atoms with Crippen molar-refractivity contribution < 1.29 is 23.0 Å². The number of carbonyl (C=O) groups excluding carboxylic acids is 1. The average Bonchev–Trinajstić information content (AvgIpc) is 2.58. The van der Waals surface area contributed by atoms with Crippen molar-refractivity contribution in [3.05, 3.63) is 29.8 Å². The zero-order valence-corrected chi connectivity index (χ0v) is 14.9. The Bertz CT molecular complexity index is 597. The fourth-order valence-corrected chi connectivity index (χ4v) is 3.15. The molecule has 8 heteroatoms. The summed E-state index contributed by atoms with van der Waals surface area (Å²) in [6, 6.07) is 2.97. The van der Waals surface area contributed by atoms with Crippen molar-refractivity contribution >= 4 is 18.3 Å². The molecule has 2 aliphatic heterocycles. The van der Waals surface area contributed by atoms with Gasteiger partial charge in [-0.05, 0) is 19.1 Å². The van der Waals surface area contributed by atoms with E-state index in [4.69, 9.17) is 9.47 Å². The first-order valence-electron chi connectivity index (χ1n) is 8.30. The summed E-state index contributed by atoms with van der Waals surface area (Å²) in [6.07, 6.45) is 0.908. The number of rotatable bonds is 3. The van der Waals surface area contributed by atoms with Crippen LogP contribution in [-0.4, -0.2) is 55.3 Å². The zero-order chi connectivity index (χ0) is 17.1. The van der Waals surface area contributed by atoms with Crippen LogP contribution < -0.4 is 10.1 Å². The highest BCUT2D eigenvalue weighted by molar-refractivity contribution is 5.85. The topological polar surface area (TPSA) is 50.8 Å². The van der Waals surface area contributed by atoms with E-state index in [2.05, 4.69) is 5.32 Å². The van der Waals surface area contributed by atoms with Crippen molar-refractivity contribution in [1.29, 1.82) is 0 Å². The van der Waals surface area contributed by atoms with Gasteiger partial charge >= 0.3 is 0 Å². The van der Waals surface area contributed by atoms with E-state index >= 15 is 0 Å². The Balaban J connectivity index is 0.00000225. The van der Waals surface area contributed by atoms with E-state index < -0.39 is 11.6 Å². The number of amides is 1. The third-order valence-corrected chi connectivity index (χ3v) is 4.52. The number of morpholine rings is 1. The Hall–Kier alpha value is -1.44. The predicted octanol–water partition coefficient (Wildman–Crippen LogP) is 2.13. The van der Waals surface area contributed by atoms with E-state index in [1.807, 2.05) is 6.92 Å². The zero-order valence-electron chi connectivity index (χ0n) is 14.0. The first kappa shape index (κ1) is 19.9. The van der Waals surface area contributed by atoms with Crippen molar-refractivity contribution in [2.24, 2.45) is 0 Å². The molecule has 2 fully saturated rings. The van der Waals surface area contributed by atoms with Gasteiger partial charge in [0.25, 0.3) is 0 Å². The minimum Gasteiger partial charge on any atom is -0.487 e. The maximum Gasteiger partial charge on any atom is 0.242 e. The van der Waals surface area contributed by atoms with E-state index in [9.17, 15) is 13.6 Å². The lowest BCUT2D eigenvalue weighted by atomic mass is 10.0. The molecular formula is C17H23ClF2N2O3. The highest BCUT2D eigenvalue weighted by atomic mass is 35.5. The van der Waals surface area contributed by atoms with Crippen LogP contribution in [0.4, 0.5) is 8.78 Å². The smallest absolute Gasteiger partial charge is 0.242 e. The molecule has 0 aromatic heterocycles. The van der Waals surface area contributed by atoms with E-state index in [0.717, 1.165) is 6.07 Å². The number of hydrogen-bond acceptors (Lipinski definition) is 4. The second kappa shape index (κ2) is 8.78. The summed E-state index contributed by atoms with van der Waals surface area (Å²) in [5, 5.41) is 3.20. The van der Waals surface area contributed by atoms with Crippen LogP contribution in [0.25, 0.3) is 0 Å². The number of hydrogen-bond donors (Lipinski definition) is 1. The van der Waals surface area contributed by atoms with Crippen LogP contribution in [0.3, 0.4) is 0 Å². The van der Waals surface area contributed by atoms with Gasteiger partial charge in [0.1, 0.15) is 18.0 Å². The summed E-state index contributed by atoms with van der Waals surface area (Å²) < 4.78 is 37.7. The van der Waals surface area contributed by atoms with Gasteiger partial charge in [-0.1, -0.05) is 0 Å². The number of benzene rings is 1. The number of halogens is 3. The lowest BCUT2D eigenvalue weighted by Crippen LogP contribution is -2.57. The molecule has 1 amide bonds. The molecule has 2 atom stereocenters. The van der Waals surface area contributed by atoms with Crippen LogP contribution in [0.5, 0.6) is 5.75 Å². The molecule has 5 nitrogen and oxygen atoms in total. The molecular weight excluding hydrogens is 354 g/mol. The summed E-state index contributed by atoms with van der Waals surface area (Å²) in [4.78, 5) is 14.4. The third-order valence-electron chi connectivity index (χ3n) is 4.52. The van der Waals surface area contributed by atoms with Crippen molar-refractivity contribution in [3.63, 3.8) is 0 Å². The molecule has 1 aromatic rings. The molecule has 25 heavy (non-hydrogen) atoms. The van der Waals surface area contributed by atoms with Crippen LogP contribution in [0.15, 0.2) is 18.2 Å². The molecule has 1 N–H and O–H groups in total. The Morgan fingerprint density at radius 2 is 2.04 bits per heavy atom. The van der Waals surface area contributed by atoms with Gasteiger partial charge in [-0.3, -0.25) is 4.79 Å². The van der Waals surface area contributed by atoms with Crippen LogP contribution in [0.1, 0.15) is 19.8 Å². The molecule has 3 rings (SSSR count). The van der Waals surface area contributed by atoms with Crippen molar-refractivity contribution in [2.75, 3.05) is 26.2 Å². The quantitative estimate of drug-likeness (QED) is 0.878. The molecule has 0 radical (unpaired) electrons. The molecule has 2 aliphatic rings. The Morgan fingerprint density at radius 1 is 1.32 bits per heavy atom. The first-order chi connectivity index (χ1) is 11.5. The predicted molar refractivity (Wildman–Crippen MR) is 91.0 cm³/mol. The second-order valence-electron chi connectivity index (χ2n) is 6.22. The van der Waals surface area contributed by atoms with Gasteiger partial charge in [0.05, 0.1) is 12.7 Å². The Labute approximate surface area is 152 Å². The van der Waals surface area contributed by atoms with E-state index in [0.29, 0.717) is 39.1 Å². The average molecular weight is 377 g/mol. The van der Waals surface area contributed by atoms with E-state index in [-0.39, 0.29) is 42.3 Å². The molecule has 0 saturated carbocycles. The van der Waals surface area contributed by atoms with Crippen LogP contribution in [0.2, 0.25) is 0 Å². The number of likely N-dealkylation sites (tertiary alicyclic amines) is 1. The summed E-state index contributed by atoms with van der Waals surface area (Å²) in [5.41, 5.74) is 0. The molecule has 0 spiro atoms. The highest BCUT2D eigenvalue weighted by Gasteiger charge is 2.34. The fourth-order valence-electron chi connectivity index (χ4n) is 3.15. The number of nitrogens with zero attached hydrogens (tertiary/aromatic N) is 1. The number of nitrogens with one attached hydrogen (secondary N) is 1. The van der Waals surface area contributed by atoms with Crippen molar-refractivity contribution in [2.45, 2.75) is 38.0 Å². The van der Waals surface area contributed by atoms with Gasteiger partial charge in [0, 0.05) is 38.5 Å². The van der Waals surface area contributed by atoms with E-state index in [1.54, 1.807) is 4.90 Å². The van der Waals surface area contributed by atoms with Crippen molar-refractivity contribution in [3.8, 4) is 5.75 Å². The molecule has 0 unspecified atom stereocenters. The lowest BCUT2D eigenvalue weighted by molar-refractivity contribution is -0.141. The SMILES string of the molecule is C[C@H]1OCCN[C@@H]1C(=O)N1CCC(Oc2ccc(F)cc2F)CC1.Cl. The number of ether oxygens (including phenoxy) is 2. The molecule has 0 aliphatic carbocycles. The maximum absolute atomic E-state index is 13.6.